The maximum atomic E-state index is 6.16. The Morgan fingerprint density at radius 2 is 1.81 bits per heavy atom. The Balaban J connectivity index is 2.11. The topological polar surface area (TPSA) is 62.7 Å². The Labute approximate surface area is 134 Å². The van der Waals surface area contributed by atoms with Gasteiger partial charge in [0.2, 0.25) is 0 Å². The fraction of sp³-hybridized carbons (Fsp3) is 0.357. The predicted molar refractivity (Wildman–Crippen MR) is 87.1 cm³/mol. The van der Waals surface area contributed by atoms with Crippen molar-refractivity contribution in [1.29, 1.82) is 0 Å². The molecule has 2 heterocycles. The standard InChI is InChI=1S/C14H17Cl2N5/c1-3-5-18-13-11(15)7-12(16)14(21-13)19-8-10-4-6-17-9(2)20-10/h4,6-7H,3,5,8H2,1-2H3,(H2,18,19,21). The summed E-state index contributed by atoms with van der Waals surface area (Å²) in [7, 11) is 0. The minimum Gasteiger partial charge on any atom is -0.369 e. The van der Waals surface area contributed by atoms with Crippen LogP contribution in [0.4, 0.5) is 11.6 Å². The van der Waals surface area contributed by atoms with E-state index in [0.717, 1.165) is 24.5 Å². The van der Waals surface area contributed by atoms with Crippen molar-refractivity contribution in [2.45, 2.75) is 26.8 Å². The molecule has 0 amide bonds. The van der Waals surface area contributed by atoms with Crippen molar-refractivity contribution in [2.24, 2.45) is 0 Å². The van der Waals surface area contributed by atoms with E-state index < -0.39 is 0 Å². The van der Waals surface area contributed by atoms with Gasteiger partial charge in [0.25, 0.3) is 0 Å². The lowest BCUT2D eigenvalue weighted by atomic mass is 10.3. The van der Waals surface area contributed by atoms with Gasteiger partial charge >= 0.3 is 0 Å². The zero-order chi connectivity index (χ0) is 15.2. The Kier molecular flexibility index (Phi) is 5.59. The van der Waals surface area contributed by atoms with Crippen LogP contribution in [0.15, 0.2) is 18.3 Å². The van der Waals surface area contributed by atoms with Crippen molar-refractivity contribution < 1.29 is 0 Å². The summed E-state index contributed by atoms with van der Waals surface area (Å²) in [6, 6.07) is 3.53. The van der Waals surface area contributed by atoms with Crippen LogP contribution in [-0.2, 0) is 6.54 Å². The van der Waals surface area contributed by atoms with Gasteiger partial charge in [-0.15, -0.1) is 0 Å². The SMILES string of the molecule is CCCNc1nc(NCc2ccnc(C)n2)c(Cl)cc1Cl. The second kappa shape index (κ2) is 7.43. The summed E-state index contributed by atoms with van der Waals surface area (Å²) in [4.78, 5) is 12.8. The van der Waals surface area contributed by atoms with Gasteiger partial charge < -0.3 is 10.6 Å². The maximum absolute atomic E-state index is 6.16. The molecule has 0 spiro atoms. The molecule has 0 radical (unpaired) electrons. The zero-order valence-corrected chi connectivity index (χ0v) is 13.5. The van der Waals surface area contributed by atoms with Crippen LogP contribution in [0.2, 0.25) is 10.0 Å². The van der Waals surface area contributed by atoms with Crippen molar-refractivity contribution in [1.82, 2.24) is 15.0 Å². The minimum atomic E-state index is 0.479. The molecule has 7 heteroatoms. The van der Waals surface area contributed by atoms with E-state index in [0.29, 0.717) is 28.2 Å². The molecule has 2 N–H and O–H groups in total. The quantitative estimate of drug-likeness (QED) is 0.842. The van der Waals surface area contributed by atoms with E-state index in [1.54, 1.807) is 12.3 Å². The number of aromatic nitrogens is 3. The number of hydrogen-bond donors (Lipinski definition) is 2. The zero-order valence-electron chi connectivity index (χ0n) is 12.0. The molecular weight excluding hydrogens is 309 g/mol. The smallest absolute Gasteiger partial charge is 0.147 e. The first-order valence-corrected chi connectivity index (χ1v) is 7.48. The van der Waals surface area contributed by atoms with E-state index in [1.165, 1.54) is 0 Å². The molecule has 0 aliphatic carbocycles. The Morgan fingerprint density at radius 1 is 1.10 bits per heavy atom. The summed E-state index contributed by atoms with van der Waals surface area (Å²) >= 11 is 12.3. The van der Waals surface area contributed by atoms with E-state index >= 15 is 0 Å². The third kappa shape index (κ3) is 4.44. The average Bonchev–Trinajstić information content (AvgIpc) is 2.45. The summed E-state index contributed by atoms with van der Waals surface area (Å²) in [5, 5.41) is 7.33. The fourth-order valence-corrected chi connectivity index (χ4v) is 2.23. The van der Waals surface area contributed by atoms with Gasteiger partial charge in [0.1, 0.15) is 17.5 Å². The monoisotopic (exact) mass is 325 g/mol. The highest BCUT2D eigenvalue weighted by Crippen LogP contribution is 2.29. The first kappa shape index (κ1) is 15.8. The van der Waals surface area contributed by atoms with Gasteiger partial charge in [-0.1, -0.05) is 30.1 Å². The molecule has 112 valence electrons. The average molecular weight is 326 g/mol. The van der Waals surface area contributed by atoms with Crippen LogP contribution in [0, 0.1) is 6.92 Å². The normalized spacial score (nSPS) is 10.5. The molecule has 0 unspecified atom stereocenters. The van der Waals surface area contributed by atoms with Crippen LogP contribution in [-0.4, -0.2) is 21.5 Å². The van der Waals surface area contributed by atoms with Gasteiger partial charge in [0.05, 0.1) is 22.3 Å². The predicted octanol–water partition coefficient (Wildman–Crippen LogP) is 3.92. The van der Waals surface area contributed by atoms with Gasteiger partial charge in [0, 0.05) is 12.7 Å². The second-order valence-electron chi connectivity index (χ2n) is 4.52. The lowest BCUT2D eigenvalue weighted by Crippen LogP contribution is -2.08. The van der Waals surface area contributed by atoms with Crippen molar-refractivity contribution in [2.75, 3.05) is 17.2 Å². The molecule has 0 atom stereocenters. The highest BCUT2D eigenvalue weighted by Gasteiger charge is 2.09. The van der Waals surface area contributed by atoms with Gasteiger partial charge in [-0.3, -0.25) is 0 Å². The number of nitrogens with zero attached hydrogens (tertiary/aromatic N) is 3. The Hall–Kier alpha value is -1.59. The van der Waals surface area contributed by atoms with Crippen molar-refractivity contribution >= 4 is 34.8 Å². The van der Waals surface area contributed by atoms with E-state index in [9.17, 15) is 0 Å². The lowest BCUT2D eigenvalue weighted by Gasteiger charge is -2.12. The summed E-state index contributed by atoms with van der Waals surface area (Å²) < 4.78 is 0. The molecule has 0 aromatic carbocycles. The second-order valence-corrected chi connectivity index (χ2v) is 5.34. The first-order valence-electron chi connectivity index (χ1n) is 6.72. The van der Waals surface area contributed by atoms with E-state index in [2.05, 4.69) is 32.5 Å². The molecule has 0 aliphatic heterocycles. The lowest BCUT2D eigenvalue weighted by molar-refractivity contribution is 0.946. The fourth-order valence-electron chi connectivity index (χ4n) is 1.74. The first-order chi connectivity index (χ1) is 10.1. The van der Waals surface area contributed by atoms with Crippen LogP contribution in [0.1, 0.15) is 24.9 Å². The molecule has 2 aromatic heterocycles. The van der Waals surface area contributed by atoms with E-state index in [-0.39, 0.29) is 0 Å². The number of pyridine rings is 1. The molecule has 0 fully saturated rings. The van der Waals surface area contributed by atoms with Crippen molar-refractivity contribution in [3.8, 4) is 0 Å². The molecule has 2 rings (SSSR count). The molecule has 0 saturated carbocycles. The van der Waals surface area contributed by atoms with Gasteiger partial charge in [-0.2, -0.15) is 0 Å². The number of hydrogen-bond acceptors (Lipinski definition) is 5. The van der Waals surface area contributed by atoms with Crippen LogP contribution < -0.4 is 10.6 Å². The minimum absolute atomic E-state index is 0.479. The molecule has 21 heavy (non-hydrogen) atoms. The van der Waals surface area contributed by atoms with Crippen LogP contribution >= 0.6 is 23.2 Å². The van der Waals surface area contributed by atoms with Crippen LogP contribution in [0.5, 0.6) is 0 Å². The Bertz CT molecular complexity index is 618. The summed E-state index contributed by atoms with van der Waals surface area (Å²) in [6.45, 7) is 5.25. The number of halogens is 2. The van der Waals surface area contributed by atoms with Gasteiger partial charge in [-0.25, -0.2) is 15.0 Å². The third-order valence-corrected chi connectivity index (χ3v) is 3.32. The molecule has 0 aliphatic rings. The van der Waals surface area contributed by atoms with Crippen molar-refractivity contribution in [3.63, 3.8) is 0 Å². The molecule has 5 nitrogen and oxygen atoms in total. The maximum Gasteiger partial charge on any atom is 0.147 e. The van der Waals surface area contributed by atoms with Gasteiger partial charge in [-0.05, 0) is 25.5 Å². The van der Waals surface area contributed by atoms with Crippen LogP contribution in [0.25, 0.3) is 0 Å². The van der Waals surface area contributed by atoms with Crippen molar-refractivity contribution in [3.05, 3.63) is 39.9 Å². The summed E-state index contributed by atoms with van der Waals surface area (Å²) in [5.41, 5.74) is 0.874. The molecule has 2 aromatic rings. The largest absolute Gasteiger partial charge is 0.369 e. The number of nitrogens with one attached hydrogen (secondary N) is 2. The Morgan fingerprint density at radius 3 is 2.48 bits per heavy atom. The third-order valence-electron chi connectivity index (χ3n) is 2.74. The number of aryl methyl sites for hydroxylation is 1. The summed E-state index contributed by atoms with van der Waals surface area (Å²) in [6.07, 6.45) is 2.72. The number of anilines is 2. The highest BCUT2D eigenvalue weighted by molar-refractivity contribution is 6.37. The summed E-state index contributed by atoms with van der Waals surface area (Å²) in [5.74, 6) is 1.94. The highest BCUT2D eigenvalue weighted by atomic mass is 35.5. The molecule has 0 saturated heterocycles. The van der Waals surface area contributed by atoms with E-state index in [1.807, 2.05) is 13.0 Å². The molecule has 0 bridgehead atoms. The van der Waals surface area contributed by atoms with Crippen LogP contribution in [0.3, 0.4) is 0 Å². The van der Waals surface area contributed by atoms with Gasteiger partial charge in [0.15, 0.2) is 0 Å². The molecular formula is C14H17Cl2N5. The van der Waals surface area contributed by atoms with E-state index in [4.69, 9.17) is 23.2 Å². The number of rotatable bonds is 6.